The predicted octanol–water partition coefficient (Wildman–Crippen LogP) is 1.49. The number of nitrogens with zero attached hydrogens (tertiary/aromatic N) is 2. The van der Waals surface area contributed by atoms with Gasteiger partial charge in [-0.25, -0.2) is 8.42 Å². The largest absolute Gasteiger partial charge is 0.399 e. The van der Waals surface area contributed by atoms with Gasteiger partial charge in [0.15, 0.2) is 0 Å². The first-order valence-electron chi connectivity index (χ1n) is 5.26. The smallest absolute Gasteiger partial charge is 0.265 e. The number of sulfonamides is 1. The van der Waals surface area contributed by atoms with E-state index in [-0.39, 0.29) is 4.90 Å². The summed E-state index contributed by atoms with van der Waals surface area (Å²) >= 11 is 0. The van der Waals surface area contributed by atoms with E-state index in [0.29, 0.717) is 11.4 Å². The molecular weight excluding hydrogens is 250 g/mol. The molecule has 1 aromatic heterocycles. The van der Waals surface area contributed by atoms with Crippen molar-refractivity contribution in [1.82, 2.24) is 4.98 Å². The van der Waals surface area contributed by atoms with Crippen LogP contribution in [0.2, 0.25) is 0 Å². The van der Waals surface area contributed by atoms with Gasteiger partial charge in [0, 0.05) is 25.1 Å². The lowest BCUT2D eigenvalue weighted by atomic mass is 10.3. The average molecular weight is 263 g/mol. The molecular formula is C12H13N3O2S. The molecule has 2 N–H and O–H groups in total. The third kappa shape index (κ3) is 2.28. The van der Waals surface area contributed by atoms with Gasteiger partial charge in [-0.15, -0.1) is 0 Å². The van der Waals surface area contributed by atoms with Crippen LogP contribution in [0.1, 0.15) is 0 Å². The molecule has 0 radical (unpaired) electrons. The number of anilines is 2. The first-order chi connectivity index (χ1) is 8.51. The lowest BCUT2D eigenvalue weighted by molar-refractivity contribution is 0.594. The second kappa shape index (κ2) is 4.66. The summed E-state index contributed by atoms with van der Waals surface area (Å²) < 4.78 is 25.7. The minimum absolute atomic E-state index is 0.157. The molecule has 0 fully saturated rings. The minimum atomic E-state index is -3.57. The molecule has 1 heterocycles. The van der Waals surface area contributed by atoms with Crippen LogP contribution in [0.25, 0.3) is 0 Å². The Balaban J connectivity index is 2.39. The van der Waals surface area contributed by atoms with E-state index in [9.17, 15) is 8.42 Å². The van der Waals surface area contributed by atoms with Crippen LogP contribution < -0.4 is 10.0 Å². The van der Waals surface area contributed by atoms with Gasteiger partial charge >= 0.3 is 0 Å². The lowest BCUT2D eigenvalue weighted by Gasteiger charge is -2.19. The summed E-state index contributed by atoms with van der Waals surface area (Å²) in [4.78, 5) is 3.97. The molecule has 0 atom stereocenters. The van der Waals surface area contributed by atoms with E-state index in [1.54, 1.807) is 30.3 Å². The molecule has 0 aliphatic heterocycles. The van der Waals surface area contributed by atoms with E-state index in [1.165, 1.54) is 29.8 Å². The minimum Gasteiger partial charge on any atom is -0.399 e. The fourth-order valence-electron chi connectivity index (χ4n) is 1.48. The van der Waals surface area contributed by atoms with Crippen molar-refractivity contribution >= 4 is 21.4 Å². The van der Waals surface area contributed by atoms with E-state index in [0.717, 1.165) is 0 Å². The van der Waals surface area contributed by atoms with Crippen molar-refractivity contribution in [3.8, 4) is 0 Å². The Morgan fingerprint density at radius 3 is 2.39 bits per heavy atom. The maximum atomic E-state index is 12.3. The molecule has 0 spiro atoms. The fraction of sp³-hybridized carbons (Fsp3) is 0.0833. The van der Waals surface area contributed by atoms with Gasteiger partial charge in [-0.2, -0.15) is 0 Å². The molecule has 0 saturated carbocycles. The molecule has 0 amide bonds. The van der Waals surface area contributed by atoms with Crippen molar-refractivity contribution in [2.45, 2.75) is 4.90 Å². The van der Waals surface area contributed by atoms with Gasteiger partial charge in [0.2, 0.25) is 0 Å². The van der Waals surface area contributed by atoms with Crippen LogP contribution >= 0.6 is 0 Å². The molecule has 6 heteroatoms. The van der Waals surface area contributed by atoms with Gasteiger partial charge in [0.1, 0.15) is 4.90 Å². The number of hydrogen-bond acceptors (Lipinski definition) is 4. The fourth-order valence-corrected chi connectivity index (χ4v) is 2.64. The number of hydrogen-bond donors (Lipinski definition) is 1. The molecule has 2 aromatic rings. The van der Waals surface area contributed by atoms with Crippen LogP contribution in [0, 0.1) is 0 Å². The Morgan fingerprint density at radius 1 is 1.17 bits per heavy atom. The number of pyridine rings is 1. The molecule has 0 saturated heterocycles. The van der Waals surface area contributed by atoms with E-state index in [2.05, 4.69) is 4.98 Å². The maximum Gasteiger partial charge on any atom is 0.265 e. The summed E-state index contributed by atoms with van der Waals surface area (Å²) in [5.41, 5.74) is 6.71. The molecule has 2 rings (SSSR count). The quantitative estimate of drug-likeness (QED) is 0.851. The Labute approximate surface area is 106 Å². The van der Waals surface area contributed by atoms with Gasteiger partial charge < -0.3 is 5.73 Å². The van der Waals surface area contributed by atoms with Crippen LogP contribution in [0.3, 0.4) is 0 Å². The van der Waals surface area contributed by atoms with Crippen molar-refractivity contribution in [1.29, 1.82) is 0 Å². The highest BCUT2D eigenvalue weighted by Crippen LogP contribution is 2.22. The summed E-state index contributed by atoms with van der Waals surface area (Å²) in [6, 6.07) is 9.72. The van der Waals surface area contributed by atoms with E-state index in [4.69, 9.17) is 5.73 Å². The average Bonchev–Trinajstić information content (AvgIpc) is 2.40. The number of nitrogen functional groups attached to an aromatic ring is 1. The Hall–Kier alpha value is -2.08. The summed E-state index contributed by atoms with van der Waals surface area (Å²) in [7, 11) is -2.08. The van der Waals surface area contributed by atoms with Gasteiger partial charge in [-0.1, -0.05) is 0 Å². The standard InChI is InChI=1S/C12H13N3O2S/c1-15(11-6-4-10(13)5-7-11)18(16,17)12-3-2-8-14-9-12/h2-9H,13H2,1H3. The molecule has 18 heavy (non-hydrogen) atoms. The van der Waals surface area contributed by atoms with Gasteiger partial charge in [0.25, 0.3) is 10.0 Å². The van der Waals surface area contributed by atoms with Crippen molar-refractivity contribution < 1.29 is 8.42 Å². The second-order valence-electron chi connectivity index (χ2n) is 3.75. The summed E-state index contributed by atoms with van der Waals surface area (Å²) in [5, 5.41) is 0. The summed E-state index contributed by atoms with van der Waals surface area (Å²) in [6.45, 7) is 0. The Bertz CT molecular complexity index is 624. The third-order valence-corrected chi connectivity index (χ3v) is 4.32. The SMILES string of the molecule is CN(c1ccc(N)cc1)S(=O)(=O)c1cccnc1. The number of rotatable bonds is 3. The zero-order valence-corrected chi connectivity index (χ0v) is 10.6. The van der Waals surface area contributed by atoms with Gasteiger partial charge in [0.05, 0.1) is 5.69 Å². The highest BCUT2D eigenvalue weighted by molar-refractivity contribution is 7.92. The normalized spacial score (nSPS) is 11.2. The second-order valence-corrected chi connectivity index (χ2v) is 5.72. The molecule has 0 unspecified atom stereocenters. The van der Waals surface area contributed by atoms with Crippen LogP contribution in [0.5, 0.6) is 0 Å². The molecule has 94 valence electrons. The zero-order valence-electron chi connectivity index (χ0n) is 9.82. The zero-order chi connectivity index (χ0) is 13.2. The number of nitrogens with two attached hydrogens (primary N) is 1. The van der Waals surface area contributed by atoms with Crippen molar-refractivity contribution in [3.05, 3.63) is 48.8 Å². The Kier molecular flexibility index (Phi) is 3.20. The van der Waals surface area contributed by atoms with E-state index >= 15 is 0 Å². The third-order valence-electron chi connectivity index (χ3n) is 2.55. The predicted molar refractivity (Wildman–Crippen MR) is 70.7 cm³/mol. The maximum absolute atomic E-state index is 12.3. The summed E-state index contributed by atoms with van der Waals surface area (Å²) in [5.74, 6) is 0. The molecule has 0 aliphatic rings. The van der Waals surface area contributed by atoms with Crippen LogP contribution in [-0.4, -0.2) is 20.4 Å². The van der Waals surface area contributed by atoms with Gasteiger partial charge in [-0.05, 0) is 36.4 Å². The lowest BCUT2D eigenvalue weighted by Crippen LogP contribution is -2.26. The van der Waals surface area contributed by atoms with Gasteiger partial charge in [-0.3, -0.25) is 9.29 Å². The molecule has 0 bridgehead atoms. The first kappa shape index (κ1) is 12.4. The van der Waals surface area contributed by atoms with Crippen LogP contribution in [0.15, 0.2) is 53.7 Å². The topological polar surface area (TPSA) is 76.3 Å². The molecule has 1 aromatic carbocycles. The van der Waals surface area contributed by atoms with Crippen molar-refractivity contribution in [2.24, 2.45) is 0 Å². The van der Waals surface area contributed by atoms with E-state index < -0.39 is 10.0 Å². The van der Waals surface area contributed by atoms with Crippen molar-refractivity contribution in [3.63, 3.8) is 0 Å². The van der Waals surface area contributed by atoms with Crippen LogP contribution in [-0.2, 0) is 10.0 Å². The molecule has 0 aliphatic carbocycles. The number of aromatic nitrogens is 1. The van der Waals surface area contributed by atoms with Crippen molar-refractivity contribution in [2.75, 3.05) is 17.1 Å². The highest BCUT2D eigenvalue weighted by Gasteiger charge is 2.20. The van der Waals surface area contributed by atoms with E-state index in [1.807, 2.05) is 0 Å². The highest BCUT2D eigenvalue weighted by atomic mass is 32.2. The monoisotopic (exact) mass is 263 g/mol. The summed E-state index contributed by atoms with van der Waals surface area (Å²) in [6.07, 6.45) is 2.85. The van der Waals surface area contributed by atoms with Crippen LogP contribution in [0.4, 0.5) is 11.4 Å². The first-order valence-corrected chi connectivity index (χ1v) is 6.70. The Morgan fingerprint density at radius 2 is 1.83 bits per heavy atom. The number of benzene rings is 1. The molecule has 5 nitrogen and oxygen atoms in total.